The second-order valence-corrected chi connectivity index (χ2v) is 8.74. The summed E-state index contributed by atoms with van der Waals surface area (Å²) in [6.07, 6.45) is 0. The lowest BCUT2D eigenvalue weighted by atomic mass is 9.95. The Bertz CT molecular complexity index is 793. The van der Waals surface area contributed by atoms with Crippen LogP contribution in [0, 0.1) is 10.8 Å². The number of benzene rings is 2. The van der Waals surface area contributed by atoms with Crippen LogP contribution in [0.4, 0.5) is 0 Å². The highest BCUT2D eigenvalue weighted by Gasteiger charge is 2.28. The normalized spacial score (nSPS) is 11.1. The van der Waals surface area contributed by atoms with Crippen LogP contribution in [-0.4, -0.2) is 35.4 Å². The first kappa shape index (κ1) is 25.6. The van der Waals surface area contributed by atoms with Crippen molar-refractivity contribution in [3.05, 3.63) is 58.6 Å². The van der Waals surface area contributed by atoms with Crippen LogP contribution in [0.2, 0.25) is 10.0 Å². The molecule has 0 aliphatic carbocycles. The predicted molar refractivity (Wildman–Crippen MR) is 117 cm³/mol. The second kappa shape index (κ2) is 11.1. The van der Waals surface area contributed by atoms with Gasteiger partial charge in [-0.25, -0.2) is 0 Å². The van der Waals surface area contributed by atoms with E-state index in [0.717, 1.165) is 0 Å². The zero-order valence-corrected chi connectivity index (χ0v) is 18.8. The van der Waals surface area contributed by atoms with Crippen LogP contribution < -0.4 is 9.47 Å². The first-order valence-electron chi connectivity index (χ1n) is 9.07. The highest BCUT2D eigenvalue weighted by atomic mass is 35.5. The van der Waals surface area contributed by atoms with Crippen molar-refractivity contribution in [3.63, 3.8) is 0 Å². The van der Waals surface area contributed by atoms with Crippen molar-refractivity contribution in [2.24, 2.45) is 10.8 Å². The Morgan fingerprint density at radius 2 is 1.10 bits per heavy atom. The van der Waals surface area contributed by atoms with E-state index in [1.165, 1.54) is 0 Å². The van der Waals surface area contributed by atoms with Crippen LogP contribution >= 0.6 is 23.2 Å². The van der Waals surface area contributed by atoms with Crippen LogP contribution in [0.3, 0.4) is 0 Å². The summed E-state index contributed by atoms with van der Waals surface area (Å²) in [5, 5.41) is 18.9. The maximum atomic E-state index is 10.8. The number of halogens is 2. The van der Waals surface area contributed by atoms with Gasteiger partial charge in [-0.2, -0.15) is 0 Å². The molecule has 0 unspecified atom stereocenters. The van der Waals surface area contributed by atoms with Gasteiger partial charge >= 0.3 is 11.9 Å². The topological polar surface area (TPSA) is 93.1 Å². The molecule has 2 rings (SSSR count). The molecular weight excluding hydrogens is 431 g/mol. The number of aliphatic carboxylic acids is 2. The fraction of sp³-hybridized carbons (Fsp3) is 0.364. The smallest absolute Gasteiger partial charge is 0.312 e. The first-order chi connectivity index (χ1) is 13.8. The second-order valence-electron chi connectivity index (χ2n) is 7.87. The van der Waals surface area contributed by atoms with E-state index in [2.05, 4.69) is 0 Å². The highest BCUT2D eigenvalue weighted by molar-refractivity contribution is 6.31. The van der Waals surface area contributed by atoms with Gasteiger partial charge in [-0.1, -0.05) is 35.3 Å². The Kier molecular flexibility index (Phi) is 9.46. The molecule has 2 aromatic rings. The first-order valence-corrected chi connectivity index (χ1v) is 9.82. The van der Waals surface area contributed by atoms with Crippen LogP contribution in [-0.2, 0) is 9.59 Å². The molecule has 0 fully saturated rings. The third-order valence-electron chi connectivity index (χ3n) is 3.95. The van der Waals surface area contributed by atoms with Crippen molar-refractivity contribution in [1.82, 2.24) is 0 Å². The lowest BCUT2D eigenvalue weighted by molar-refractivity contribution is -0.149. The maximum absolute atomic E-state index is 10.8. The molecule has 6 nitrogen and oxygen atoms in total. The average Bonchev–Trinajstić information content (AvgIpc) is 2.65. The number of carboxylic acids is 2. The standard InChI is InChI=1S/2C11H13ClO3/c2*1-11(2,10(13)14)7-15-9-5-3-4-8(12)6-9/h2*3-6H,7H2,1-2H3,(H,13,14). The number of carboxylic acid groups (broad SMARTS) is 2. The summed E-state index contributed by atoms with van der Waals surface area (Å²) in [4.78, 5) is 21.6. The van der Waals surface area contributed by atoms with Gasteiger partial charge in [0.05, 0.1) is 10.8 Å². The van der Waals surface area contributed by atoms with Gasteiger partial charge < -0.3 is 19.7 Å². The molecule has 0 bridgehead atoms. The van der Waals surface area contributed by atoms with Crippen LogP contribution in [0.1, 0.15) is 27.7 Å². The summed E-state index contributed by atoms with van der Waals surface area (Å²) in [5.74, 6) is -0.609. The Hall–Kier alpha value is -2.44. The Balaban J connectivity index is 0.000000300. The molecule has 0 saturated heterocycles. The molecule has 0 aromatic heterocycles. The minimum atomic E-state index is -0.900. The molecule has 0 heterocycles. The number of ether oxygens (including phenoxy) is 2. The zero-order valence-electron chi connectivity index (χ0n) is 17.3. The quantitative estimate of drug-likeness (QED) is 0.532. The summed E-state index contributed by atoms with van der Waals surface area (Å²) in [5.41, 5.74) is -1.80. The molecule has 30 heavy (non-hydrogen) atoms. The molecule has 2 N–H and O–H groups in total. The third-order valence-corrected chi connectivity index (χ3v) is 4.42. The summed E-state index contributed by atoms with van der Waals surface area (Å²) < 4.78 is 10.7. The van der Waals surface area contributed by atoms with Gasteiger partial charge in [-0.15, -0.1) is 0 Å². The molecule has 0 spiro atoms. The summed E-state index contributed by atoms with van der Waals surface area (Å²) >= 11 is 11.5. The van der Waals surface area contributed by atoms with E-state index in [-0.39, 0.29) is 13.2 Å². The SMILES string of the molecule is CC(C)(COc1cccc(Cl)c1)C(=O)O.CC(C)(COc1cccc(Cl)c1)C(=O)O. The maximum Gasteiger partial charge on any atom is 0.312 e. The highest BCUT2D eigenvalue weighted by Crippen LogP contribution is 2.22. The number of rotatable bonds is 8. The predicted octanol–water partition coefficient (Wildman–Crippen LogP) is 5.66. The van der Waals surface area contributed by atoms with Crippen molar-refractivity contribution < 1.29 is 29.3 Å². The summed E-state index contributed by atoms with van der Waals surface area (Å²) in [7, 11) is 0. The van der Waals surface area contributed by atoms with E-state index in [1.807, 2.05) is 0 Å². The van der Waals surface area contributed by atoms with Crippen molar-refractivity contribution in [1.29, 1.82) is 0 Å². The van der Waals surface area contributed by atoms with E-state index >= 15 is 0 Å². The third kappa shape index (κ3) is 8.93. The number of hydrogen-bond acceptors (Lipinski definition) is 4. The van der Waals surface area contributed by atoms with E-state index < -0.39 is 22.8 Å². The Morgan fingerprint density at radius 1 is 0.767 bits per heavy atom. The fourth-order valence-corrected chi connectivity index (χ4v) is 2.13. The lowest BCUT2D eigenvalue weighted by Gasteiger charge is -2.19. The van der Waals surface area contributed by atoms with Gasteiger partial charge in [0, 0.05) is 10.0 Å². The number of hydrogen-bond donors (Lipinski definition) is 2. The van der Waals surface area contributed by atoms with E-state index in [9.17, 15) is 9.59 Å². The largest absolute Gasteiger partial charge is 0.492 e. The van der Waals surface area contributed by atoms with Gasteiger partial charge in [0.2, 0.25) is 0 Å². The van der Waals surface area contributed by atoms with Gasteiger partial charge in [0.25, 0.3) is 0 Å². The molecule has 0 aliphatic heterocycles. The van der Waals surface area contributed by atoms with Crippen molar-refractivity contribution in [2.45, 2.75) is 27.7 Å². The van der Waals surface area contributed by atoms with Crippen molar-refractivity contribution in [3.8, 4) is 11.5 Å². The molecule has 8 heteroatoms. The van der Waals surface area contributed by atoms with Gasteiger partial charge in [-0.3, -0.25) is 9.59 Å². The Labute approximate surface area is 186 Å². The Morgan fingerprint density at radius 3 is 1.37 bits per heavy atom. The van der Waals surface area contributed by atoms with Crippen molar-refractivity contribution >= 4 is 35.1 Å². The van der Waals surface area contributed by atoms with Crippen LogP contribution in [0.25, 0.3) is 0 Å². The molecule has 0 radical (unpaired) electrons. The summed E-state index contributed by atoms with van der Waals surface area (Å²) in [6.45, 7) is 6.67. The monoisotopic (exact) mass is 456 g/mol. The minimum absolute atomic E-state index is 0.114. The van der Waals surface area contributed by atoms with Crippen LogP contribution in [0.15, 0.2) is 48.5 Å². The van der Waals surface area contributed by atoms with E-state index in [1.54, 1.807) is 76.2 Å². The van der Waals surface area contributed by atoms with E-state index in [0.29, 0.717) is 21.5 Å². The molecule has 164 valence electrons. The van der Waals surface area contributed by atoms with Crippen molar-refractivity contribution in [2.75, 3.05) is 13.2 Å². The minimum Gasteiger partial charge on any atom is -0.492 e. The van der Waals surface area contributed by atoms with Gasteiger partial charge in [0.15, 0.2) is 0 Å². The molecule has 0 amide bonds. The molecule has 0 saturated carbocycles. The number of carbonyl (C=O) groups is 2. The van der Waals surface area contributed by atoms with Crippen LogP contribution in [0.5, 0.6) is 11.5 Å². The molecular formula is C22H26Cl2O6. The molecule has 2 aromatic carbocycles. The average molecular weight is 457 g/mol. The fourth-order valence-electron chi connectivity index (χ4n) is 1.76. The molecule has 0 atom stereocenters. The van der Waals surface area contributed by atoms with Gasteiger partial charge in [-0.05, 0) is 64.1 Å². The molecule has 0 aliphatic rings. The van der Waals surface area contributed by atoms with E-state index in [4.69, 9.17) is 42.9 Å². The lowest BCUT2D eigenvalue weighted by Crippen LogP contribution is -2.30. The van der Waals surface area contributed by atoms with Gasteiger partial charge in [0.1, 0.15) is 24.7 Å². The summed E-state index contributed by atoms with van der Waals surface area (Å²) in [6, 6.07) is 13.8. The zero-order chi connectivity index (χ0) is 22.9.